The first-order valence-corrected chi connectivity index (χ1v) is 6.03. The Kier molecular flexibility index (Phi) is 4.09. The van der Waals surface area contributed by atoms with Crippen LogP contribution in [0.2, 0.25) is 0 Å². The third kappa shape index (κ3) is 3.53. The van der Waals surface area contributed by atoms with E-state index in [1.807, 2.05) is 18.2 Å². The van der Waals surface area contributed by atoms with E-state index < -0.39 is 0 Å². The first-order valence-electron chi connectivity index (χ1n) is 5.23. The molecular weight excluding hydrogens is 285 g/mol. The number of nitrogens with zero attached hydrogens (tertiary/aromatic N) is 1. The standard InChI is InChI=1S/C13H11BrFNO/c14-10-4-5-12(15)13(9-10)17-8-6-11-3-1-2-7-16-11/h1-5,7,9H,6,8H2. The lowest BCUT2D eigenvalue weighted by Crippen LogP contribution is -2.03. The molecule has 0 saturated carbocycles. The molecule has 2 nitrogen and oxygen atoms in total. The smallest absolute Gasteiger partial charge is 0.165 e. The van der Waals surface area contributed by atoms with Gasteiger partial charge in [0.25, 0.3) is 0 Å². The molecule has 1 aromatic heterocycles. The van der Waals surface area contributed by atoms with Crippen molar-refractivity contribution in [2.45, 2.75) is 6.42 Å². The number of benzene rings is 1. The van der Waals surface area contributed by atoms with Crippen molar-refractivity contribution in [3.63, 3.8) is 0 Å². The lowest BCUT2D eigenvalue weighted by molar-refractivity contribution is 0.304. The fourth-order valence-electron chi connectivity index (χ4n) is 1.40. The Balaban J connectivity index is 1.92. The Morgan fingerprint density at radius 1 is 1.24 bits per heavy atom. The first kappa shape index (κ1) is 12.0. The average molecular weight is 296 g/mol. The molecule has 88 valence electrons. The summed E-state index contributed by atoms with van der Waals surface area (Å²) >= 11 is 3.27. The van der Waals surface area contributed by atoms with Crippen molar-refractivity contribution in [3.8, 4) is 5.75 Å². The molecule has 17 heavy (non-hydrogen) atoms. The molecule has 0 aliphatic carbocycles. The molecule has 0 unspecified atom stereocenters. The topological polar surface area (TPSA) is 22.1 Å². The maximum absolute atomic E-state index is 13.3. The fraction of sp³-hybridized carbons (Fsp3) is 0.154. The highest BCUT2D eigenvalue weighted by atomic mass is 79.9. The lowest BCUT2D eigenvalue weighted by atomic mass is 10.3. The van der Waals surface area contributed by atoms with Crippen molar-refractivity contribution >= 4 is 15.9 Å². The number of rotatable bonds is 4. The summed E-state index contributed by atoms with van der Waals surface area (Å²) in [6, 6.07) is 10.3. The Labute approximate surface area is 108 Å². The van der Waals surface area contributed by atoms with Crippen LogP contribution in [0.1, 0.15) is 5.69 Å². The molecule has 1 aromatic carbocycles. The van der Waals surface area contributed by atoms with Gasteiger partial charge in [0.15, 0.2) is 11.6 Å². The molecule has 0 N–H and O–H groups in total. The van der Waals surface area contributed by atoms with E-state index in [0.29, 0.717) is 13.0 Å². The van der Waals surface area contributed by atoms with E-state index in [9.17, 15) is 4.39 Å². The predicted octanol–water partition coefficient (Wildman–Crippen LogP) is 3.60. The zero-order valence-electron chi connectivity index (χ0n) is 9.07. The third-order valence-electron chi connectivity index (χ3n) is 2.24. The van der Waals surface area contributed by atoms with Crippen molar-refractivity contribution in [3.05, 3.63) is 58.6 Å². The third-order valence-corrected chi connectivity index (χ3v) is 2.73. The summed E-state index contributed by atoms with van der Waals surface area (Å²) in [5.41, 5.74) is 0.933. The SMILES string of the molecule is Fc1ccc(Br)cc1OCCc1ccccn1. The van der Waals surface area contributed by atoms with Crippen LogP contribution in [0.4, 0.5) is 4.39 Å². The van der Waals surface area contributed by atoms with E-state index in [0.717, 1.165) is 10.2 Å². The molecule has 0 radical (unpaired) electrons. The molecule has 2 rings (SSSR count). The summed E-state index contributed by atoms with van der Waals surface area (Å²) in [5.74, 6) is -0.0930. The van der Waals surface area contributed by atoms with Gasteiger partial charge in [0.05, 0.1) is 6.61 Å². The highest BCUT2D eigenvalue weighted by Gasteiger charge is 2.03. The molecule has 0 amide bonds. The molecule has 0 fully saturated rings. The molecule has 0 aliphatic rings. The normalized spacial score (nSPS) is 10.2. The van der Waals surface area contributed by atoms with Gasteiger partial charge in [0.1, 0.15) is 0 Å². The van der Waals surface area contributed by atoms with Crippen LogP contribution in [0.15, 0.2) is 47.1 Å². The second-order valence-electron chi connectivity index (χ2n) is 3.49. The van der Waals surface area contributed by atoms with Crippen LogP contribution in [0.25, 0.3) is 0 Å². The van der Waals surface area contributed by atoms with Gasteiger partial charge in [-0.25, -0.2) is 4.39 Å². The number of ether oxygens (including phenoxy) is 1. The molecule has 1 heterocycles. The van der Waals surface area contributed by atoms with Gasteiger partial charge < -0.3 is 4.74 Å². The van der Waals surface area contributed by atoms with E-state index in [4.69, 9.17) is 4.74 Å². The zero-order chi connectivity index (χ0) is 12.1. The molecule has 2 aromatic rings. The van der Waals surface area contributed by atoms with E-state index in [-0.39, 0.29) is 11.6 Å². The number of halogens is 2. The molecular formula is C13H11BrFNO. The minimum absolute atomic E-state index is 0.260. The lowest BCUT2D eigenvalue weighted by Gasteiger charge is -2.07. The molecule has 0 saturated heterocycles. The molecule has 0 bridgehead atoms. The van der Waals surface area contributed by atoms with Gasteiger partial charge in [-0.2, -0.15) is 0 Å². The Morgan fingerprint density at radius 3 is 2.88 bits per heavy atom. The van der Waals surface area contributed by atoms with Crippen LogP contribution in [-0.4, -0.2) is 11.6 Å². The zero-order valence-corrected chi connectivity index (χ0v) is 10.7. The second kappa shape index (κ2) is 5.77. The van der Waals surface area contributed by atoms with Gasteiger partial charge in [-0.3, -0.25) is 4.98 Å². The van der Waals surface area contributed by atoms with Crippen molar-refractivity contribution in [2.75, 3.05) is 6.61 Å². The Bertz CT molecular complexity index is 490. The van der Waals surface area contributed by atoms with Crippen LogP contribution in [0.3, 0.4) is 0 Å². The first-order chi connectivity index (χ1) is 8.25. The summed E-state index contributed by atoms with van der Waals surface area (Å²) in [4.78, 5) is 4.17. The summed E-state index contributed by atoms with van der Waals surface area (Å²) in [6.45, 7) is 0.407. The maximum atomic E-state index is 13.3. The number of hydrogen-bond acceptors (Lipinski definition) is 2. The van der Waals surface area contributed by atoms with E-state index in [1.165, 1.54) is 6.07 Å². The Hall–Kier alpha value is -1.42. The van der Waals surface area contributed by atoms with E-state index >= 15 is 0 Å². The van der Waals surface area contributed by atoms with Crippen LogP contribution >= 0.6 is 15.9 Å². The largest absolute Gasteiger partial charge is 0.490 e. The number of pyridine rings is 1. The summed E-state index contributed by atoms with van der Waals surface area (Å²) in [7, 11) is 0. The number of aromatic nitrogens is 1. The van der Waals surface area contributed by atoms with Crippen LogP contribution in [0.5, 0.6) is 5.75 Å². The monoisotopic (exact) mass is 295 g/mol. The molecule has 4 heteroatoms. The van der Waals surface area contributed by atoms with Gasteiger partial charge in [0.2, 0.25) is 0 Å². The fourth-order valence-corrected chi connectivity index (χ4v) is 1.74. The van der Waals surface area contributed by atoms with Crippen LogP contribution in [0, 0.1) is 5.82 Å². The minimum Gasteiger partial charge on any atom is -0.490 e. The minimum atomic E-state index is -0.353. The van der Waals surface area contributed by atoms with E-state index in [1.54, 1.807) is 18.3 Å². The summed E-state index contributed by atoms with van der Waals surface area (Å²) in [5, 5.41) is 0. The highest BCUT2D eigenvalue weighted by Crippen LogP contribution is 2.22. The van der Waals surface area contributed by atoms with Gasteiger partial charge in [-0.05, 0) is 30.3 Å². The van der Waals surface area contributed by atoms with Crippen LogP contribution in [-0.2, 0) is 6.42 Å². The highest BCUT2D eigenvalue weighted by molar-refractivity contribution is 9.10. The quantitative estimate of drug-likeness (QED) is 0.860. The average Bonchev–Trinajstić information content (AvgIpc) is 2.35. The van der Waals surface area contributed by atoms with Gasteiger partial charge in [-0.15, -0.1) is 0 Å². The van der Waals surface area contributed by atoms with Crippen LogP contribution < -0.4 is 4.74 Å². The van der Waals surface area contributed by atoms with Gasteiger partial charge in [0, 0.05) is 22.8 Å². The van der Waals surface area contributed by atoms with Crippen molar-refractivity contribution in [1.29, 1.82) is 0 Å². The van der Waals surface area contributed by atoms with Crippen molar-refractivity contribution in [1.82, 2.24) is 4.98 Å². The molecule has 0 spiro atoms. The van der Waals surface area contributed by atoms with Gasteiger partial charge in [-0.1, -0.05) is 22.0 Å². The second-order valence-corrected chi connectivity index (χ2v) is 4.41. The summed E-state index contributed by atoms with van der Waals surface area (Å²) < 4.78 is 19.5. The molecule has 0 atom stereocenters. The Morgan fingerprint density at radius 2 is 2.12 bits per heavy atom. The van der Waals surface area contributed by atoms with Crippen molar-refractivity contribution in [2.24, 2.45) is 0 Å². The van der Waals surface area contributed by atoms with Gasteiger partial charge >= 0.3 is 0 Å². The predicted molar refractivity (Wildman–Crippen MR) is 67.5 cm³/mol. The van der Waals surface area contributed by atoms with Crippen molar-refractivity contribution < 1.29 is 9.13 Å². The summed E-state index contributed by atoms with van der Waals surface area (Å²) in [6.07, 6.45) is 2.39. The molecule has 0 aliphatic heterocycles. The number of hydrogen-bond donors (Lipinski definition) is 0. The van der Waals surface area contributed by atoms with E-state index in [2.05, 4.69) is 20.9 Å². The maximum Gasteiger partial charge on any atom is 0.165 e.